The smallest absolute Gasteiger partial charge is 0.234 e. The van der Waals surface area contributed by atoms with E-state index in [0.717, 1.165) is 34.8 Å². The minimum atomic E-state index is -0.0781. The molecule has 1 aliphatic rings. The number of nitrogens with zero attached hydrogens (tertiary/aromatic N) is 5. The molecule has 1 amide bonds. The van der Waals surface area contributed by atoms with Gasteiger partial charge in [-0.25, -0.2) is 9.97 Å². The molecule has 0 bridgehead atoms. The number of rotatable bonds is 4. The number of hydrogen-bond acceptors (Lipinski definition) is 5. The van der Waals surface area contributed by atoms with E-state index >= 15 is 0 Å². The highest BCUT2D eigenvalue weighted by Crippen LogP contribution is 2.24. The Morgan fingerprint density at radius 2 is 2.19 bits per heavy atom. The first-order valence-corrected chi connectivity index (χ1v) is 8.83. The summed E-state index contributed by atoms with van der Waals surface area (Å²) < 4.78 is 3.83. The highest BCUT2D eigenvalue weighted by Gasteiger charge is 2.30. The van der Waals surface area contributed by atoms with Crippen molar-refractivity contribution in [1.82, 2.24) is 34.8 Å². The molecule has 0 saturated carbocycles. The van der Waals surface area contributed by atoms with Crippen LogP contribution in [0.5, 0.6) is 0 Å². The Hall–Kier alpha value is -2.74. The van der Waals surface area contributed by atoms with Gasteiger partial charge in [0.25, 0.3) is 0 Å². The van der Waals surface area contributed by atoms with E-state index in [1.165, 1.54) is 0 Å². The number of fused-ring (bicyclic) bond motifs is 1. The molecular weight excluding hydrogens is 330 g/mol. The molecule has 8 heteroatoms. The molecule has 1 fully saturated rings. The lowest BCUT2D eigenvalue weighted by atomic mass is 9.93. The number of nitrogens with one attached hydrogen (secondary N) is 2. The van der Waals surface area contributed by atoms with Gasteiger partial charge in [0.15, 0.2) is 0 Å². The maximum Gasteiger partial charge on any atom is 0.234 e. The molecule has 3 aromatic rings. The van der Waals surface area contributed by atoms with Crippen LogP contribution in [0.2, 0.25) is 0 Å². The first kappa shape index (κ1) is 16.7. The van der Waals surface area contributed by atoms with Crippen molar-refractivity contribution in [1.29, 1.82) is 0 Å². The van der Waals surface area contributed by atoms with Gasteiger partial charge in [0.05, 0.1) is 24.1 Å². The van der Waals surface area contributed by atoms with Gasteiger partial charge in [-0.1, -0.05) is 0 Å². The normalized spacial score (nSPS) is 20.5. The highest BCUT2D eigenvalue weighted by atomic mass is 16.1. The Labute approximate surface area is 151 Å². The number of carbonyl (C=O) groups excluding carboxylic acids is 1. The van der Waals surface area contributed by atoms with Gasteiger partial charge in [0, 0.05) is 49.2 Å². The molecule has 26 heavy (non-hydrogen) atoms. The molecule has 8 nitrogen and oxygen atoms in total. The second-order valence-electron chi connectivity index (χ2n) is 6.94. The zero-order valence-corrected chi connectivity index (χ0v) is 15.2. The van der Waals surface area contributed by atoms with E-state index in [0.29, 0.717) is 13.0 Å². The SMILES string of the molecule is Cc1cc(C)n2c(CN[C@@H]3CCC(=O)N[C@H]3c3cnn(C)c3)cnc2n1. The molecule has 0 spiro atoms. The molecule has 0 unspecified atom stereocenters. The molecular formula is C18H23N7O. The van der Waals surface area contributed by atoms with Gasteiger partial charge in [-0.2, -0.15) is 5.10 Å². The first-order chi connectivity index (χ1) is 12.5. The Balaban J connectivity index is 1.55. The number of aromatic nitrogens is 5. The predicted octanol–water partition coefficient (Wildman–Crippen LogP) is 1.19. The fraction of sp³-hybridized carbons (Fsp3) is 0.444. The summed E-state index contributed by atoms with van der Waals surface area (Å²) in [6, 6.07) is 2.11. The van der Waals surface area contributed by atoms with Crippen molar-refractivity contribution in [2.75, 3.05) is 0 Å². The lowest BCUT2D eigenvalue weighted by Crippen LogP contribution is -2.48. The zero-order valence-electron chi connectivity index (χ0n) is 15.2. The average molecular weight is 353 g/mol. The minimum Gasteiger partial charge on any atom is -0.348 e. The molecule has 1 aliphatic heterocycles. The summed E-state index contributed by atoms with van der Waals surface area (Å²) in [5.41, 5.74) is 4.16. The van der Waals surface area contributed by atoms with Crippen LogP contribution in [-0.4, -0.2) is 36.1 Å². The Morgan fingerprint density at radius 1 is 1.35 bits per heavy atom. The second kappa shape index (κ2) is 6.53. The van der Waals surface area contributed by atoms with Crippen LogP contribution in [0.25, 0.3) is 5.78 Å². The van der Waals surface area contributed by atoms with E-state index in [-0.39, 0.29) is 18.0 Å². The molecule has 4 rings (SSSR count). The maximum atomic E-state index is 11.9. The van der Waals surface area contributed by atoms with Crippen molar-refractivity contribution in [2.24, 2.45) is 7.05 Å². The lowest BCUT2D eigenvalue weighted by molar-refractivity contribution is -0.123. The largest absolute Gasteiger partial charge is 0.348 e. The Kier molecular flexibility index (Phi) is 4.20. The summed E-state index contributed by atoms with van der Waals surface area (Å²) in [6.07, 6.45) is 6.95. The summed E-state index contributed by atoms with van der Waals surface area (Å²) in [5, 5.41) is 10.9. The van der Waals surface area contributed by atoms with E-state index in [9.17, 15) is 4.79 Å². The fourth-order valence-electron chi connectivity index (χ4n) is 3.69. The number of piperidine rings is 1. The molecule has 0 aromatic carbocycles. The van der Waals surface area contributed by atoms with Crippen LogP contribution in [0.4, 0.5) is 0 Å². The molecule has 136 valence electrons. The number of amides is 1. The van der Waals surface area contributed by atoms with E-state index in [4.69, 9.17) is 0 Å². The number of hydrogen-bond donors (Lipinski definition) is 2. The van der Waals surface area contributed by atoms with E-state index in [1.807, 2.05) is 32.6 Å². The van der Waals surface area contributed by atoms with Crippen LogP contribution >= 0.6 is 0 Å². The van der Waals surface area contributed by atoms with Crippen molar-refractivity contribution in [3.63, 3.8) is 0 Å². The van der Waals surface area contributed by atoms with Crippen LogP contribution in [0, 0.1) is 13.8 Å². The monoisotopic (exact) mass is 353 g/mol. The van der Waals surface area contributed by atoms with Gasteiger partial charge in [-0.3, -0.25) is 13.9 Å². The van der Waals surface area contributed by atoms with Gasteiger partial charge < -0.3 is 10.6 Å². The minimum absolute atomic E-state index is 0.0781. The van der Waals surface area contributed by atoms with Crippen molar-refractivity contribution in [3.05, 3.63) is 47.3 Å². The third-order valence-electron chi connectivity index (χ3n) is 4.89. The number of aryl methyl sites for hydroxylation is 3. The van der Waals surface area contributed by atoms with Crippen LogP contribution in [-0.2, 0) is 18.4 Å². The summed E-state index contributed by atoms with van der Waals surface area (Å²) >= 11 is 0. The lowest BCUT2D eigenvalue weighted by Gasteiger charge is -2.32. The Morgan fingerprint density at radius 3 is 2.96 bits per heavy atom. The molecule has 4 heterocycles. The van der Waals surface area contributed by atoms with Crippen molar-refractivity contribution >= 4 is 11.7 Å². The van der Waals surface area contributed by atoms with Crippen LogP contribution in [0.1, 0.15) is 41.5 Å². The number of imidazole rings is 1. The summed E-state index contributed by atoms with van der Waals surface area (Å²) in [7, 11) is 1.88. The molecule has 0 radical (unpaired) electrons. The van der Waals surface area contributed by atoms with Crippen molar-refractivity contribution < 1.29 is 4.79 Å². The molecule has 2 atom stereocenters. The Bertz CT molecular complexity index is 958. The zero-order chi connectivity index (χ0) is 18.3. The quantitative estimate of drug-likeness (QED) is 0.735. The first-order valence-electron chi connectivity index (χ1n) is 8.83. The van der Waals surface area contributed by atoms with Crippen molar-refractivity contribution in [3.8, 4) is 0 Å². The number of carbonyl (C=O) groups is 1. The third kappa shape index (κ3) is 3.08. The second-order valence-corrected chi connectivity index (χ2v) is 6.94. The molecule has 3 aromatic heterocycles. The standard InChI is InChI=1S/C18H23N7O/c1-11-6-12(2)25-14(9-20-18(25)22-11)8-19-15-4-5-16(26)23-17(15)13-7-21-24(3)10-13/h6-7,9-10,15,17,19H,4-5,8H2,1-3H3,(H,23,26)/t15-,17+/m1/s1. The topological polar surface area (TPSA) is 89.1 Å². The van der Waals surface area contributed by atoms with Crippen LogP contribution in [0.3, 0.4) is 0 Å². The van der Waals surface area contributed by atoms with Gasteiger partial charge in [-0.05, 0) is 26.3 Å². The van der Waals surface area contributed by atoms with Gasteiger partial charge in [0.2, 0.25) is 11.7 Å². The summed E-state index contributed by atoms with van der Waals surface area (Å²) in [6.45, 7) is 4.69. The summed E-state index contributed by atoms with van der Waals surface area (Å²) in [5.74, 6) is 0.808. The average Bonchev–Trinajstić information content (AvgIpc) is 3.20. The molecule has 1 saturated heterocycles. The van der Waals surface area contributed by atoms with Gasteiger partial charge in [-0.15, -0.1) is 0 Å². The van der Waals surface area contributed by atoms with Crippen molar-refractivity contribution in [2.45, 2.75) is 45.3 Å². The van der Waals surface area contributed by atoms with E-state index in [2.05, 4.69) is 43.1 Å². The third-order valence-corrected chi connectivity index (χ3v) is 4.89. The van der Waals surface area contributed by atoms with E-state index in [1.54, 1.807) is 4.68 Å². The maximum absolute atomic E-state index is 11.9. The predicted molar refractivity (Wildman–Crippen MR) is 96.4 cm³/mol. The van der Waals surface area contributed by atoms with Gasteiger partial charge in [0.1, 0.15) is 0 Å². The van der Waals surface area contributed by atoms with Gasteiger partial charge >= 0.3 is 0 Å². The van der Waals surface area contributed by atoms with E-state index < -0.39 is 0 Å². The molecule has 2 N–H and O–H groups in total. The van der Waals surface area contributed by atoms with Crippen LogP contribution in [0.15, 0.2) is 24.7 Å². The molecule has 0 aliphatic carbocycles. The summed E-state index contributed by atoms with van der Waals surface area (Å²) in [4.78, 5) is 20.8. The highest BCUT2D eigenvalue weighted by molar-refractivity contribution is 5.77. The van der Waals surface area contributed by atoms with Crippen LogP contribution < -0.4 is 10.6 Å². The fourth-order valence-corrected chi connectivity index (χ4v) is 3.69.